The molecule has 0 bridgehead atoms. The van der Waals surface area contributed by atoms with Crippen molar-refractivity contribution in [2.24, 2.45) is 13.0 Å². The summed E-state index contributed by atoms with van der Waals surface area (Å²) >= 11 is 0. The molecule has 0 spiro atoms. The molecule has 0 saturated carbocycles. The van der Waals surface area contributed by atoms with Crippen molar-refractivity contribution in [3.63, 3.8) is 0 Å². The van der Waals surface area contributed by atoms with Crippen LogP contribution in [0, 0.1) is 5.92 Å². The molecule has 3 N–H and O–H groups in total. The van der Waals surface area contributed by atoms with Crippen LogP contribution in [0.25, 0.3) is 33.1 Å². The van der Waals surface area contributed by atoms with Crippen molar-refractivity contribution in [2.45, 2.75) is 32.4 Å². The number of hydrazine groups is 1. The minimum atomic E-state index is -0.884. The molecular formula is C39H37N5O4. The van der Waals surface area contributed by atoms with Crippen LogP contribution >= 0.6 is 0 Å². The SMILES string of the molecule is COc1ccc2[nH]c(C(=O)NNC(=O)C(CC(C)C)N3C(=O)c4ccccc4C3c3c(-c4ccccc4)n(C)c4ccccc34)cc2c1. The molecular weight excluding hydrogens is 602 g/mol. The van der Waals surface area contributed by atoms with Crippen molar-refractivity contribution < 1.29 is 19.1 Å². The first-order valence-electron chi connectivity index (χ1n) is 16.1. The first-order valence-corrected chi connectivity index (χ1v) is 16.1. The maximum absolute atomic E-state index is 14.4. The molecule has 9 nitrogen and oxygen atoms in total. The van der Waals surface area contributed by atoms with E-state index in [1.54, 1.807) is 24.1 Å². The van der Waals surface area contributed by atoms with Gasteiger partial charge in [-0.3, -0.25) is 25.2 Å². The number of aromatic amines is 1. The lowest BCUT2D eigenvalue weighted by atomic mass is 9.91. The van der Waals surface area contributed by atoms with Gasteiger partial charge in [0.25, 0.3) is 17.7 Å². The lowest BCUT2D eigenvalue weighted by Crippen LogP contribution is -2.54. The number of rotatable bonds is 8. The molecule has 7 rings (SSSR count). The molecule has 2 aromatic heterocycles. The van der Waals surface area contributed by atoms with Crippen LogP contribution in [0.15, 0.2) is 103 Å². The van der Waals surface area contributed by atoms with E-state index in [0.717, 1.165) is 44.2 Å². The highest BCUT2D eigenvalue weighted by molar-refractivity contribution is 6.05. The van der Waals surface area contributed by atoms with Gasteiger partial charge in [0, 0.05) is 40.0 Å². The molecule has 2 atom stereocenters. The molecule has 0 radical (unpaired) electrons. The largest absolute Gasteiger partial charge is 0.497 e. The molecule has 0 saturated heterocycles. The summed E-state index contributed by atoms with van der Waals surface area (Å²) in [7, 11) is 3.62. The van der Waals surface area contributed by atoms with Gasteiger partial charge in [-0.05, 0) is 59.9 Å². The fourth-order valence-corrected chi connectivity index (χ4v) is 7.02. The Kier molecular flexibility index (Phi) is 7.96. The predicted octanol–water partition coefficient (Wildman–Crippen LogP) is 6.76. The minimum Gasteiger partial charge on any atom is -0.497 e. The third-order valence-electron chi connectivity index (χ3n) is 9.17. The number of ether oxygens (including phenoxy) is 1. The molecule has 6 aromatic rings. The Morgan fingerprint density at radius 2 is 1.62 bits per heavy atom. The van der Waals surface area contributed by atoms with Crippen LogP contribution in [0.1, 0.15) is 58.3 Å². The van der Waals surface area contributed by atoms with Crippen LogP contribution in [0.3, 0.4) is 0 Å². The maximum atomic E-state index is 14.4. The molecule has 4 aromatic carbocycles. The number of aromatic nitrogens is 2. The van der Waals surface area contributed by atoms with Gasteiger partial charge in [0.05, 0.1) is 18.8 Å². The summed E-state index contributed by atoms with van der Waals surface area (Å²) < 4.78 is 7.47. The number of carbonyl (C=O) groups excluding carboxylic acids is 3. The zero-order valence-electron chi connectivity index (χ0n) is 27.3. The van der Waals surface area contributed by atoms with Crippen molar-refractivity contribution >= 4 is 39.5 Å². The summed E-state index contributed by atoms with van der Waals surface area (Å²) in [6.07, 6.45) is 0.384. The summed E-state index contributed by atoms with van der Waals surface area (Å²) in [6, 6.07) is 31.6. The number of carbonyl (C=O) groups is 3. The fraction of sp³-hybridized carbons (Fsp3) is 0.205. The second-order valence-electron chi connectivity index (χ2n) is 12.6. The zero-order chi connectivity index (χ0) is 33.5. The first kappa shape index (κ1) is 30.8. The van der Waals surface area contributed by atoms with E-state index in [2.05, 4.69) is 44.7 Å². The van der Waals surface area contributed by atoms with E-state index in [-0.39, 0.29) is 17.5 Å². The van der Waals surface area contributed by atoms with Crippen molar-refractivity contribution in [2.75, 3.05) is 7.11 Å². The van der Waals surface area contributed by atoms with Gasteiger partial charge in [-0.15, -0.1) is 0 Å². The van der Waals surface area contributed by atoms with Crippen LogP contribution in [0.5, 0.6) is 5.75 Å². The van der Waals surface area contributed by atoms with Crippen molar-refractivity contribution in [1.82, 2.24) is 25.3 Å². The molecule has 0 fully saturated rings. The molecule has 9 heteroatoms. The minimum absolute atomic E-state index is 0.0680. The molecule has 3 heterocycles. The number of fused-ring (bicyclic) bond motifs is 3. The number of nitrogens with zero attached hydrogens (tertiary/aromatic N) is 2. The number of hydrogen-bond donors (Lipinski definition) is 3. The summed E-state index contributed by atoms with van der Waals surface area (Å²) in [4.78, 5) is 46.7. The summed E-state index contributed by atoms with van der Waals surface area (Å²) in [6.45, 7) is 4.04. The maximum Gasteiger partial charge on any atom is 0.286 e. The highest BCUT2D eigenvalue weighted by Gasteiger charge is 2.46. The van der Waals surface area contributed by atoms with Gasteiger partial charge in [-0.1, -0.05) is 80.6 Å². The molecule has 1 aliphatic heterocycles. The van der Waals surface area contributed by atoms with Gasteiger partial charge in [0.1, 0.15) is 17.5 Å². The van der Waals surface area contributed by atoms with E-state index in [1.165, 1.54) is 0 Å². The van der Waals surface area contributed by atoms with E-state index in [1.807, 2.05) is 87.6 Å². The highest BCUT2D eigenvalue weighted by atomic mass is 16.5. The summed E-state index contributed by atoms with van der Waals surface area (Å²) in [5, 5.41) is 1.81. The molecule has 3 amide bonds. The Morgan fingerprint density at radius 1 is 0.896 bits per heavy atom. The molecule has 2 unspecified atom stereocenters. The first-order chi connectivity index (χ1) is 23.3. The smallest absolute Gasteiger partial charge is 0.286 e. The van der Waals surface area contributed by atoms with Crippen LogP contribution in [0.4, 0.5) is 0 Å². The fourth-order valence-electron chi connectivity index (χ4n) is 7.02. The van der Waals surface area contributed by atoms with E-state index in [9.17, 15) is 14.4 Å². The van der Waals surface area contributed by atoms with Gasteiger partial charge in [-0.25, -0.2) is 0 Å². The van der Waals surface area contributed by atoms with Crippen molar-refractivity contribution in [3.8, 4) is 17.0 Å². The monoisotopic (exact) mass is 639 g/mol. The van der Waals surface area contributed by atoms with E-state index < -0.39 is 23.9 Å². The average Bonchev–Trinajstić information content (AvgIpc) is 3.75. The van der Waals surface area contributed by atoms with Gasteiger partial charge in [0.2, 0.25) is 0 Å². The van der Waals surface area contributed by atoms with Crippen LogP contribution < -0.4 is 15.6 Å². The van der Waals surface area contributed by atoms with Crippen LogP contribution in [0.2, 0.25) is 0 Å². The van der Waals surface area contributed by atoms with Crippen molar-refractivity contribution in [3.05, 3.63) is 126 Å². The molecule has 242 valence electrons. The second kappa shape index (κ2) is 12.4. The Balaban J connectivity index is 1.29. The number of benzene rings is 4. The Hall–Kier alpha value is -5.83. The Labute approximate surface area is 278 Å². The molecule has 1 aliphatic rings. The van der Waals surface area contributed by atoms with Gasteiger partial charge < -0.3 is 19.2 Å². The number of H-pyrrole nitrogens is 1. The normalized spacial score (nSPS) is 14.8. The number of amides is 3. The zero-order valence-corrected chi connectivity index (χ0v) is 27.3. The van der Waals surface area contributed by atoms with Crippen molar-refractivity contribution in [1.29, 1.82) is 0 Å². The number of nitrogens with one attached hydrogen (secondary N) is 3. The third-order valence-corrected chi connectivity index (χ3v) is 9.17. The number of hydrogen-bond acceptors (Lipinski definition) is 4. The van der Waals surface area contributed by atoms with Gasteiger partial charge in [-0.2, -0.15) is 0 Å². The lowest BCUT2D eigenvalue weighted by Gasteiger charge is -2.34. The Morgan fingerprint density at radius 3 is 2.40 bits per heavy atom. The van der Waals surface area contributed by atoms with Crippen LogP contribution in [-0.2, 0) is 11.8 Å². The highest BCUT2D eigenvalue weighted by Crippen LogP contribution is 2.47. The number of para-hydroxylation sites is 1. The average molecular weight is 640 g/mol. The summed E-state index contributed by atoms with van der Waals surface area (Å²) in [5.74, 6) is -0.458. The standard InChI is InChI=1S/C39H37N5O4/c1-23(2)20-33(38(46)42-41-37(45)31-22-25-21-26(48-4)18-19-30(25)40-31)44-36(27-14-8-9-15-28(27)39(44)47)34-29-16-10-11-17-32(29)43(3)35(34)24-12-6-5-7-13-24/h5-19,21-23,33,36,40H,20H2,1-4H3,(H,41,45)(H,42,46). The van der Waals surface area contributed by atoms with Gasteiger partial charge in [0.15, 0.2) is 0 Å². The summed E-state index contributed by atoms with van der Waals surface area (Å²) in [5.41, 5.74) is 11.7. The number of methoxy groups -OCH3 is 1. The van der Waals surface area contributed by atoms with Gasteiger partial charge >= 0.3 is 0 Å². The predicted molar refractivity (Wildman–Crippen MR) is 187 cm³/mol. The topological polar surface area (TPSA) is 108 Å². The number of aryl methyl sites for hydroxylation is 1. The van der Waals surface area contributed by atoms with E-state index in [4.69, 9.17) is 4.74 Å². The molecule has 0 aliphatic carbocycles. The van der Waals surface area contributed by atoms with E-state index in [0.29, 0.717) is 17.7 Å². The lowest BCUT2D eigenvalue weighted by molar-refractivity contribution is -0.127. The quantitative estimate of drug-likeness (QED) is 0.160. The van der Waals surface area contributed by atoms with E-state index >= 15 is 0 Å². The van der Waals surface area contributed by atoms with Crippen LogP contribution in [-0.4, -0.2) is 45.3 Å². The Bertz CT molecular complexity index is 2180. The second-order valence-corrected chi connectivity index (χ2v) is 12.6. The third kappa shape index (κ3) is 5.27. The molecule has 48 heavy (non-hydrogen) atoms.